The fourth-order valence-electron chi connectivity index (χ4n) is 6.86. The SMILES string of the molecule is CCN1C(=O)[C@@H](CC(=O)c2cnc3c(c2)C[C@@]2(C3)C(=O)Nc3ncc(C#N)cc32)C[C@@H](c2c(F)c(F)cc(F)c2F)[C@H]1C. The Kier molecular flexibility index (Phi) is 6.79. The van der Waals surface area contributed by atoms with Gasteiger partial charge in [-0.3, -0.25) is 19.4 Å². The summed E-state index contributed by atoms with van der Waals surface area (Å²) in [5.74, 6) is -8.94. The minimum absolute atomic E-state index is 0.142. The molecular formula is C31H25F4N5O3. The van der Waals surface area contributed by atoms with E-state index >= 15 is 0 Å². The Morgan fingerprint density at radius 3 is 2.49 bits per heavy atom. The van der Waals surface area contributed by atoms with E-state index in [1.165, 1.54) is 17.3 Å². The van der Waals surface area contributed by atoms with Crippen molar-refractivity contribution in [3.63, 3.8) is 0 Å². The van der Waals surface area contributed by atoms with Crippen LogP contribution in [0.1, 0.15) is 70.9 Å². The summed E-state index contributed by atoms with van der Waals surface area (Å²) >= 11 is 0. The van der Waals surface area contributed by atoms with Gasteiger partial charge in [-0.05, 0) is 44.4 Å². The van der Waals surface area contributed by atoms with Crippen LogP contribution in [0.2, 0.25) is 0 Å². The molecule has 1 spiro atoms. The number of carbonyl (C=O) groups excluding carboxylic acids is 3. The number of fused-ring (bicyclic) bond motifs is 3. The molecule has 0 unspecified atom stereocenters. The average molecular weight is 592 g/mol. The van der Waals surface area contributed by atoms with Gasteiger partial charge in [-0.15, -0.1) is 0 Å². The molecule has 12 heteroatoms. The van der Waals surface area contributed by atoms with Crippen LogP contribution in [-0.4, -0.2) is 45.1 Å². The van der Waals surface area contributed by atoms with Gasteiger partial charge in [-0.25, -0.2) is 22.5 Å². The molecule has 1 saturated heterocycles. The van der Waals surface area contributed by atoms with Crippen molar-refractivity contribution >= 4 is 23.4 Å². The second-order valence-corrected chi connectivity index (χ2v) is 11.4. The van der Waals surface area contributed by atoms with Crippen molar-refractivity contribution in [1.82, 2.24) is 14.9 Å². The summed E-state index contributed by atoms with van der Waals surface area (Å²) in [6, 6.07) is 4.64. The Morgan fingerprint density at radius 1 is 1.09 bits per heavy atom. The van der Waals surface area contributed by atoms with Crippen molar-refractivity contribution in [2.24, 2.45) is 5.92 Å². The van der Waals surface area contributed by atoms with Gasteiger partial charge in [0.15, 0.2) is 29.1 Å². The Morgan fingerprint density at radius 2 is 1.81 bits per heavy atom. The highest BCUT2D eigenvalue weighted by Gasteiger charge is 2.52. The maximum atomic E-state index is 14.8. The fourth-order valence-corrected chi connectivity index (χ4v) is 6.86. The number of Topliss-reactive ketones (excluding diaryl/α,β-unsaturated/α-hetero) is 1. The summed E-state index contributed by atoms with van der Waals surface area (Å²) < 4.78 is 57.7. The first-order chi connectivity index (χ1) is 20.5. The van der Waals surface area contributed by atoms with Crippen LogP contribution >= 0.6 is 0 Å². The van der Waals surface area contributed by atoms with Crippen LogP contribution in [0.5, 0.6) is 0 Å². The summed E-state index contributed by atoms with van der Waals surface area (Å²) in [6.07, 6.45) is 2.71. The Balaban J connectivity index is 1.27. The zero-order valence-corrected chi connectivity index (χ0v) is 23.2. The second kappa shape index (κ2) is 10.3. The van der Waals surface area contributed by atoms with E-state index < -0.39 is 63.8 Å². The smallest absolute Gasteiger partial charge is 0.237 e. The number of carbonyl (C=O) groups is 3. The molecule has 2 amide bonds. The molecule has 4 atom stereocenters. The predicted octanol–water partition coefficient (Wildman–Crippen LogP) is 4.51. The van der Waals surface area contributed by atoms with E-state index in [2.05, 4.69) is 15.3 Å². The molecule has 1 fully saturated rings. The number of nitrogens with one attached hydrogen (secondary N) is 1. The Bertz CT molecular complexity index is 1750. The number of aromatic nitrogens is 2. The van der Waals surface area contributed by atoms with Gasteiger partial charge < -0.3 is 10.2 Å². The number of nitrogens with zero attached hydrogens (tertiary/aromatic N) is 4. The fraction of sp³-hybridized carbons (Fsp3) is 0.355. The number of anilines is 1. The molecule has 1 aromatic carbocycles. The topological polar surface area (TPSA) is 116 Å². The van der Waals surface area contributed by atoms with Crippen LogP contribution in [-0.2, 0) is 27.8 Å². The normalized spacial score (nSPS) is 24.1. The predicted molar refractivity (Wildman–Crippen MR) is 144 cm³/mol. The Hall–Kier alpha value is -4.66. The largest absolute Gasteiger partial charge is 0.339 e. The molecule has 0 radical (unpaired) electrons. The maximum Gasteiger partial charge on any atom is 0.237 e. The number of amides is 2. The lowest BCUT2D eigenvalue weighted by Gasteiger charge is -2.42. The molecule has 3 aliphatic rings. The minimum atomic E-state index is -1.53. The van der Waals surface area contributed by atoms with Crippen molar-refractivity contribution in [2.45, 2.75) is 56.9 Å². The van der Waals surface area contributed by atoms with E-state index in [0.717, 1.165) is 0 Å². The van der Waals surface area contributed by atoms with E-state index in [1.54, 1.807) is 26.0 Å². The number of hydrogen-bond donors (Lipinski definition) is 1. The van der Waals surface area contributed by atoms with E-state index in [1.807, 2.05) is 6.07 Å². The number of likely N-dealkylation sites (tertiary alicyclic amines) is 1. The lowest BCUT2D eigenvalue weighted by Crippen LogP contribution is -2.51. The van der Waals surface area contributed by atoms with Crippen LogP contribution in [0.15, 0.2) is 30.6 Å². The van der Waals surface area contributed by atoms with Gasteiger partial charge >= 0.3 is 0 Å². The first kappa shape index (κ1) is 28.5. The van der Waals surface area contributed by atoms with Crippen LogP contribution in [0.3, 0.4) is 0 Å². The van der Waals surface area contributed by atoms with Crippen LogP contribution in [0.4, 0.5) is 23.4 Å². The molecule has 0 saturated carbocycles. The number of rotatable bonds is 5. The van der Waals surface area contributed by atoms with E-state index in [4.69, 9.17) is 0 Å². The number of pyridine rings is 2. The van der Waals surface area contributed by atoms with Gasteiger partial charge in [-0.2, -0.15) is 5.26 Å². The number of halogens is 4. The molecule has 8 nitrogen and oxygen atoms in total. The van der Waals surface area contributed by atoms with Crippen molar-refractivity contribution in [3.05, 3.63) is 87.4 Å². The summed E-state index contributed by atoms with van der Waals surface area (Å²) in [7, 11) is 0. The molecule has 1 N–H and O–H groups in total. The van der Waals surface area contributed by atoms with E-state index in [-0.39, 0.29) is 49.8 Å². The average Bonchev–Trinajstić information content (AvgIpc) is 3.50. The number of nitriles is 1. The molecule has 220 valence electrons. The summed E-state index contributed by atoms with van der Waals surface area (Å²) in [5, 5.41) is 12.1. The molecule has 43 heavy (non-hydrogen) atoms. The first-order valence-electron chi connectivity index (χ1n) is 13.9. The highest BCUT2D eigenvalue weighted by molar-refractivity contribution is 6.06. The van der Waals surface area contributed by atoms with Gasteiger partial charge in [-0.1, -0.05) is 0 Å². The van der Waals surface area contributed by atoms with Gasteiger partial charge in [0.25, 0.3) is 0 Å². The molecule has 0 bridgehead atoms. The number of hydrogen-bond acceptors (Lipinski definition) is 6. The number of ketones is 1. The van der Waals surface area contributed by atoms with Gasteiger partial charge in [0, 0.05) is 78.1 Å². The highest BCUT2D eigenvalue weighted by Crippen LogP contribution is 2.47. The molecule has 3 aromatic rings. The third-order valence-corrected chi connectivity index (χ3v) is 9.08. The summed E-state index contributed by atoms with van der Waals surface area (Å²) in [4.78, 5) is 49.9. The molecule has 2 aliphatic heterocycles. The van der Waals surface area contributed by atoms with Crippen molar-refractivity contribution < 1.29 is 31.9 Å². The molecule has 4 heterocycles. The summed E-state index contributed by atoms with van der Waals surface area (Å²) in [6.45, 7) is 3.39. The quantitative estimate of drug-likeness (QED) is 0.265. The Labute approximate surface area is 243 Å². The highest BCUT2D eigenvalue weighted by atomic mass is 19.2. The van der Waals surface area contributed by atoms with Crippen LogP contribution in [0, 0.1) is 40.5 Å². The molecule has 2 aromatic heterocycles. The minimum Gasteiger partial charge on any atom is -0.339 e. The van der Waals surface area contributed by atoms with E-state index in [0.29, 0.717) is 28.2 Å². The van der Waals surface area contributed by atoms with Gasteiger partial charge in [0.2, 0.25) is 11.8 Å². The lowest BCUT2D eigenvalue weighted by molar-refractivity contribution is -0.142. The standard InChI is InChI=1S/C31H25F4N5O3/c1-3-40-14(2)19(25-26(34)21(32)8-22(33)27(25)35)6-16(29(40)42)7-24(41)18-5-17-9-31(10-23(17)37-13-18)20-4-15(11-36)12-38-28(20)39-30(31)43/h4-5,8,12-14,16,19H,3,6-7,9-10H2,1-2H3,(H,38,39,43)/t14-,16-,19-,31+/m1/s1. The summed E-state index contributed by atoms with van der Waals surface area (Å²) in [5.41, 5.74) is 0.559. The first-order valence-corrected chi connectivity index (χ1v) is 13.9. The lowest BCUT2D eigenvalue weighted by atomic mass is 9.76. The van der Waals surface area contributed by atoms with Crippen LogP contribution in [0.25, 0.3) is 0 Å². The van der Waals surface area contributed by atoms with Crippen molar-refractivity contribution in [3.8, 4) is 6.07 Å². The maximum absolute atomic E-state index is 14.8. The number of benzene rings is 1. The second-order valence-electron chi connectivity index (χ2n) is 11.4. The van der Waals surface area contributed by atoms with Crippen molar-refractivity contribution in [2.75, 3.05) is 11.9 Å². The zero-order valence-electron chi connectivity index (χ0n) is 23.2. The monoisotopic (exact) mass is 591 g/mol. The molecule has 6 rings (SSSR count). The van der Waals surface area contributed by atoms with Crippen LogP contribution < -0.4 is 5.32 Å². The zero-order chi connectivity index (χ0) is 30.8. The molecular weight excluding hydrogens is 566 g/mol. The number of likely N-dealkylation sites (N-methyl/N-ethyl adjacent to an activating group) is 1. The molecule has 1 aliphatic carbocycles. The van der Waals surface area contributed by atoms with Gasteiger partial charge in [0.1, 0.15) is 11.9 Å². The third kappa shape index (κ3) is 4.37. The van der Waals surface area contributed by atoms with E-state index in [9.17, 15) is 37.2 Å². The third-order valence-electron chi connectivity index (χ3n) is 9.08. The van der Waals surface area contributed by atoms with Gasteiger partial charge in [0.05, 0.1) is 11.0 Å². The number of piperidine rings is 1. The van der Waals surface area contributed by atoms with Crippen molar-refractivity contribution in [1.29, 1.82) is 5.26 Å².